The average molecular weight is 439 g/mol. The third-order valence-electron chi connectivity index (χ3n) is 4.70. The van der Waals surface area contributed by atoms with Crippen LogP contribution in [0.4, 0.5) is 18.9 Å². The Bertz CT molecular complexity index is 1190. The van der Waals surface area contributed by atoms with Crippen molar-refractivity contribution in [2.24, 2.45) is 5.73 Å². The molecule has 3 N–H and O–H groups in total. The number of nitrogens with one attached hydrogen (secondary N) is 1. The van der Waals surface area contributed by atoms with E-state index in [1.807, 2.05) is 0 Å². The Morgan fingerprint density at radius 3 is 2.56 bits per heavy atom. The number of carbonyl (C=O) groups is 1. The normalized spacial score (nSPS) is 10.8. The molecule has 0 unspecified atom stereocenters. The Balaban J connectivity index is 2.07. The van der Waals surface area contributed by atoms with Crippen molar-refractivity contribution in [1.82, 2.24) is 4.98 Å². The van der Waals surface area contributed by atoms with Gasteiger partial charge in [-0.2, -0.15) is 13.2 Å². The molecule has 0 aliphatic heterocycles. The zero-order valence-electron chi connectivity index (χ0n) is 17.4. The molecule has 164 valence electrons. The molecular weight excluding hydrogens is 419 g/mol. The highest BCUT2D eigenvalue weighted by molar-refractivity contribution is 6.02. The molecular formula is C24H20F3N3O2. The molecule has 0 atom stereocenters. The van der Waals surface area contributed by atoms with Gasteiger partial charge in [0.05, 0.1) is 23.9 Å². The first-order valence-corrected chi connectivity index (χ1v) is 9.54. The summed E-state index contributed by atoms with van der Waals surface area (Å²) in [5.74, 6) is 4.73. The number of benzene rings is 2. The molecule has 3 rings (SSSR count). The maximum absolute atomic E-state index is 13.6. The fourth-order valence-electron chi connectivity index (χ4n) is 3.21. The van der Waals surface area contributed by atoms with E-state index in [1.165, 1.54) is 32.2 Å². The Kier molecular flexibility index (Phi) is 6.69. The zero-order valence-corrected chi connectivity index (χ0v) is 17.4. The number of ether oxygens (including phenoxy) is 1. The molecule has 0 fully saturated rings. The largest absolute Gasteiger partial charge is 0.481 e. The van der Waals surface area contributed by atoms with Crippen molar-refractivity contribution in [2.75, 3.05) is 12.4 Å². The highest BCUT2D eigenvalue weighted by Gasteiger charge is 2.33. The molecule has 0 radical (unpaired) electrons. The summed E-state index contributed by atoms with van der Waals surface area (Å²) in [6.45, 7) is 1.74. The summed E-state index contributed by atoms with van der Waals surface area (Å²) >= 11 is 0. The topological polar surface area (TPSA) is 77.2 Å². The van der Waals surface area contributed by atoms with Gasteiger partial charge in [-0.15, -0.1) is 5.92 Å². The van der Waals surface area contributed by atoms with E-state index < -0.39 is 17.6 Å². The summed E-state index contributed by atoms with van der Waals surface area (Å²) in [5.41, 5.74) is 6.51. The lowest BCUT2D eigenvalue weighted by molar-refractivity contribution is -0.137. The van der Waals surface area contributed by atoms with Gasteiger partial charge >= 0.3 is 6.18 Å². The monoisotopic (exact) mass is 439 g/mol. The smallest absolute Gasteiger partial charge is 0.417 e. The maximum Gasteiger partial charge on any atom is 0.417 e. The van der Waals surface area contributed by atoms with Gasteiger partial charge in [-0.05, 0) is 36.2 Å². The van der Waals surface area contributed by atoms with E-state index in [-0.39, 0.29) is 23.2 Å². The molecule has 0 bridgehead atoms. The van der Waals surface area contributed by atoms with Gasteiger partial charge in [0.15, 0.2) is 0 Å². The first kappa shape index (κ1) is 22.7. The molecule has 1 aromatic heterocycles. The number of methoxy groups -OCH3 is 1. The van der Waals surface area contributed by atoms with Crippen LogP contribution in [0.25, 0.3) is 11.1 Å². The first-order chi connectivity index (χ1) is 15.2. The third kappa shape index (κ3) is 5.01. The minimum Gasteiger partial charge on any atom is -0.481 e. The van der Waals surface area contributed by atoms with Crippen LogP contribution in [-0.2, 0) is 12.7 Å². The van der Waals surface area contributed by atoms with Crippen LogP contribution >= 0.6 is 0 Å². The number of nitrogens with zero attached hydrogens (tertiary/aromatic N) is 1. The van der Waals surface area contributed by atoms with Crippen LogP contribution in [0.1, 0.15) is 34.0 Å². The summed E-state index contributed by atoms with van der Waals surface area (Å²) < 4.78 is 45.9. The van der Waals surface area contributed by atoms with Crippen molar-refractivity contribution < 1.29 is 22.7 Å². The van der Waals surface area contributed by atoms with Crippen LogP contribution in [-0.4, -0.2) is 18.0 Å². The Labute approximate surface area is 183 Å². The number of hydrogen-bond donors (Lipinski definition) is 2. The van der Waals surface area contributed by atoms with Gasteiger partial charge in [-0.1, -0.05) is 30.2 Å². The molecule has 8 heteroatoms. The number of pyridine rings is 1. The molecule has 0 saturated heterocycles. The van der Waals surface area contributed by atoms with Crippen LogP contribution in [0, 0.1) is 11.8 Å². The van der Waals surface area contributed by atoms with Gasteiger partial charge in [-0.25, -0.2) is 4.98 Å². The predicted molar refractivity (Wildman–Crippen MR) is 116 cm³/mol. The van der Waals surface area contributed by atoms with E-state index in [0.29, 0.717) is 17.1 Å². The van der Waals surface area contributed by atoms with Crippen molar-refractivity contribution in [3.05, 3.63) is 77.0 Å². The molecule has 0 saturated carbocycles. The van der Waals surface area contributed by atoms with E-state index >= 15 is 0 Å². The molecule has 1 heterocycles. The van der Waals surface area contributed by atoms with Gasteiger partial charge in [0.1, 0.15) is 0 Å². The van der Waals surface area contributed by atoms with Crippen LogP contribution in [0.5, 0.6) is 5.88 Å². The number of para-hydroxylation sites is 1. The van der Waals surface area contributed by atoms with Gasteiger partial charge in [0, 0.05) is 29.9 Å². The van der Waals surface area contributed by atoms with Crippen LogP contribution in [0.2, 0.25) is 0 Å². The van der Waals surface area contributed by atoms with Crippen molar-refractivity contribution in [3.8, 4) is 28.8 Å². The average Bonchev–Trinajstić information content (AvgIpc) is 2.77. The van der Waals surface area contributed by atoms with E-state index in [2.05, 4.69) is 22.1 Å². The van der Waals surface area contributed by atoms with Gasteiger partial charge in [-0.3, -0.25) is 4.79 Å². The molecule has 3 aromatic rings. The lowest BCUT2D eigenvalue weighted by Gasteiger charge is -2.17. The van der Waals surface area contributed by atoms with Crippen LogP contribution in [0.3, 0.4) is 0 Å². The fourth-order valence-corrected chi connectivity index (χ4v) is 3.21. The Morgan fingerprint density at radius 2 is 1.97 bits per heavy atom. The van der Waals surface area contributed by atoms with Crippen molar-refractivity contribution in [1.29, 1.82) is 0 Å². The lowest BCUT2D eigenvalue weighted by atomic mass is 9.95. The second-order valence-corrected chi connectivity index (χ2v) is 6.79. The number of amides is 1. The molecule has 0 aliphatic carbocycles. The number of rotatable bonds is 6. The summed E-state index contributed by atoms with van der Waals surface area (Å²) in [4.78, 5) is 16.1. The highest BCUT2D eigenvalue weighted by atomic mass is 19.4. The summed E-state index contributed by atoms with van der Waals surface area (Å²) in [5, 5.41) is 3.12. The Morgan fingerprint density at radius 1 is 1.19 bits per heavy atom. The van der Waals surface area contributed by atoms with Crippen LogP contribution in [0.15, 0.2) is 54.7 Å². The minimum atomic E-state index is -4.58. The number of anilines is 1. The van der Waals surface area contributed by atoms with Crippen molar-refractivity contribution in [3.63, 3.8) is 0 Å². The molecule has 1 amide bonds. The number of hydrogen-bond acceptors (Lipinski definition) is 4. The number of halogens is 3. The van der Waals surface area contributed by atoms with Gasteiger partial charge in [0.25, 0.3) is 5.91 Å². The number of carbonyl (C=O) groups excluding carboxylic acids is 1. The number of primary amides is 1. The zero-order chi connectivity index (χ0) is 23.3. The standard InChI is InChI=1S/C24H20F3N3O2/c1-3-5-16-9-10-17(12-20(16)24(25,26)27)18-6-4-7-19(23(28)31)22(18)30-14-15-8-11-21(32-2)29-13-15/h4,6-13,30H,14H2,1-2H3,(H2,28,31). The van der Waals surface area contributed by atoms with Crippen LogP contribution < -0.4 is 15.8 Å². The lowest BCUT2D eigenvalue weighted by Crippen LogP contribution is -2.15. The van der Waals surface area contributed by atoms with Gasteiger partial charge in [0.2, 0.25) is 5.88 Å². The molecule has 32 heavy (non-hydrogen) atoms. The molecule has 2 aromatic carbocycles. The minimum absolute atomic E-state index is 0.117. The third-order valence-corrected chi connectivity index (χ3v) is 4.70. The number of alkyl halides is 3. The summed E-state index contributed by atoms with van der Waals surface area (Å²) in [6, 6.07) is 12.1. The Hall–Kier alpha value is -3.99. The fraction of sp³-hybridized carbons (Fsp3) is 0.167. The van der Waals surface area contributed by atoms with E-state index in [4.69, 9.17) is 10.5 Å². The highest BCUT2D eigenvalue weighted by Crippen LogP contribution is 2.37. The summed E-state index contributed by atoms with van der Waals surface area (Å²) in [6.07, 6.45) is -2.99. The van der Waals surface area contributed by atoms with Crippen molar-refractivity contribution in [2.45, 2.75) is 19.6 Å². The summed E-state index contributed by atoms with van der Waals surface area (Å²) in [7, 11) is 1.50. The number of nitrogens with two attached hydrogens (primary N) is 1. The quantitative estimate of drug-likeness (QED) is 0.538. The van der Waals surface area contributed by atoms with E-state index in [1.54, 1.807) is 30.5 Å². The molecule has 0 spiro atoms. The second kappa shape index (κ2) is 9.43. The molecule has 5 nitrogen and oxygen atoms in total. The SMILES string of the molecule is CC#Cc1ccc(-c2cccc(C(N)=O)c2NCc2ccc(OC)nc2)cc1C(F)(F)F. The number of aromatic nitrogens is 1. The van der Waals surface area contributed by atoms with Crippen molar-refractivity contribution >= 4 is 11.6 Å². The predicted octanol–water partition coefficient (Wildman–Crippen LogP) is 4.86. The molecule has 0 aliphatic rings. The van der Waals surface area contributed by atoms with E-state index in [0.717, 1.165) is 11.6 Å². The first-order valence-electron chi connectivity index (χ1n) is 9.54. The van der Waals surface area contributed by atoms with Gasteiger partial charge < -0.3 is 15.8 Å². The maximum atomic E-state index is 13.6. The van der Waals surface area contributed by atoms with E-state index in [9.17, 15) is 18.0 Å². The second-order valence-electron chi connectivity index (χ2n) is 6.79.